The number of aliphatic carboxylic acids is 1. The van der Waals surface area contributed by atoms with Crippen molar-refractivity contribution < 1.29 is 53.8 Å². The zero-order valence-electron chi connectivity index (χ0n) is 8.77. The fraction of sp³-hybridized carbons (Fsp3) is 0.222. The van der Waals surface area contributed by atoms with Crippen molar-refractivity contribution in [1.29, 1.82) is 0 Å². The van der Waals surface area contributed by atoms with Gasteiger partial charge in [0.05, 0.1) is 5.97 Å². The van der Waals surface area contributed by atoms with Crippen molar-refractivity contribution in [2.45, 2.75) is 13.8 Å². The Morgan fingerprint density at radius 2 is 1.73 bits per heavy atom. The van der Waals surface area contributed by atoms with E-state index in [4.69, 9.17) is 0 Å². The van der Waals surface area contributed by atoms with Crippen molar-refractivity contribution in [2.75, 3.05) is 0 Å². The van der Waals surface area contributed by atoms with E-state index in [2.05, 4.69) is 4.74 Å². The Bertz CT molecular complexity index is 298. The molecular formula is C9H9NaO5. The molecule has 0 saturated heterocycles. The number of carbonyl (C=O) groups excluding carboxylic acids is 3. The van der Waals surface area contributed by atoms with E-state index in [-0.39, 0.29) is 35.1 Å². The first-order valence-electron chi connectivity index (χ1n) is 3.75. The van der Waals surface area contributed by atoms with Gasteiger partial charge in [0, 0.05) is 12.2 Å². The van der Waals surface area contributed by atoms with Crippen LogP contribution >= 0.6 is 0 Å². The molecule has 0 amide bonds. The largest absolute Gasteiger partial charge is 1.00 e. The number of esters is 2. The summed E-state index contributed by atoms with van der Waals surface area (Å²) in [6.45, 7) is 3.15. The molecule has 0 unspecified atom stereocenters. The maximum absolute atomic E-state index is 9.92. The third kappa shape index (κ3) is 8.11. The van der Waals surface area contributed by atoms with Gasteiger partial charge in [0.1, 0.15) is 0 Å². The zero-order chi connectivity index (χ0) is 11.1. The van der Waals surface area contributed by atoms with Gasteiger partial charge in [0.25, 0.3) is 0 Å². The van der Waals surface area contributed by atoms with Crippen LogP contribution in [-0.2, 0) is 19.1 Å². The smallest absolute Gasteiger partial charge is 0.545 e. The van der Waals surface area contributed by atoms with Gasteiger partial charge >= 0.3 is 41.5 Å². The van der Waals surface area contributed by atoms with Crippen LogP contribution in [0.5, 0.6) is 0 Å². The summed E-state index contributed by atoms with van der Waals surface area (Å²) < 4.78 is 3.97. The summed E-state index contributed by atoms with van der Waals surface area (Å²) in [4.78, 5) is 29.6. The predicted octanol–water partition coefficient (Wildman–Crippen LogP) is -3.67. The Morgan fingerprint density at radius 1 is 1.33 bits per heavy atom. The number of rotatable bonds is 1. The van der Waals surface area contributed by atoms with Gasteiger partial charge in [-0.3, -0.25) is 0 Å². The van der Waals surface area contributed by atoms with E-state index in [1.54, 1.807) is 6.92 Å². The molecule has 0 aliphatic carbocycles. The van der Waals surface area contributed by atoms with Crippen LogP contribution < -0.4 is 34.7 Å². The maximum atomic E-state index is 9.92. The van der Waals surface area contributed by atoms with Gasteiger partial charge in [-0.2, -0.15) is 0 Å². The van der Waals surface area contributed by atoms with Gasteiger partial charge in [-0.25, -0.2) is 9.59 Å². The van der Waals surface area contributed by atoms with Crippen LogP contribution in [0.4, 0.5) is 0 Å². The molecule has 0 saturated carbocycles. The average Bonchev–Trinajstić information content (AvgIpc) is 2.49. The van der Waals surface area contributed by atoms with E-state index in [1.807, 2.05) is 0 Å². The normalized spacial score (nSPS) is 13.6. The summed E-state index contributed by atoms with van der Waals surface area (Å²) >= 11 is 0. The van der Waals surface area contributed by atoms with E-state index >= 15 is 0 Å². The molecule has 1 heterocycles. The number of carboxylic acids is 1. The minimum Gasteiger partial charge on any atom is -0.545 e. The van der Waals surface area contributed by atoms with Crippen LogP contribution in [0, 0.1) is 0 Å². The molecule has 6 heteroatoms. The van der Waals surface area contributed by atoms with Crippen LogP contribution in [0.2, 0.25) is 0 Å². The third-order valence-corrected chi connectivity index (χ3v) is 1.31. The molecule has 0 atom stereocenters. The van der Waals surface area contributed by atoms with Gasteiger partial charge in [-0.05, 0) is 19.4 Å². The second kappa shape index (κ2) is 8.40. The summed E-state index contributed by atoms with van der Waals surface area (Å²) in [5, 5.41) is 9.75. The zero-order valence-corrected chi connectivity index (χ0v) is 10.8. The Hall–Kier alpha value is -0.910. The Kier molecular flexibility index (Phi) is 9.25. The summed E-state index contributed by atoms with van der Waals surface area (Å²) in [6, 6.07) is 0. The number of cyclic esters (lactones) is 2. The molecule has 0 N–H and O–H groups in total. The van der Waals surface area contributed by atoms with Crippen molar-refractivity contribution in [3.63, 3.8) is 0 Å². The molecule has 15 heavy (non-hydrogen) atoms. The molecular weight excluding hydrogens is 211 g/mol. The Morgan fingerprint density at radius 3 is 1.80 bits per heavy atom. The number of carbonyl (C=O) groups is 3. The number of ether oxygens (including phenoxy) is 1. The van der Waals surface area contributed by atoms with Crippen LogP contribution in [0.15, 0.2) is 23.8 Å². The molecule has 0 fully saturated rings. The second-order valence-electron chi connectivity index (χ2n) is 2.33. The molecule has 0 spiro atoms. The first-order chi connectivity index (χ1) is 6.47. The van der Waals surface area contributed by atoms with Crippen molar-refractivity contribution in [2.24, 2.45) is 0 Å². The SMILES string of the molecule is CC=C(C)C(=O)[O-].O=C1C=CC(=O)O1.[Na+]. The molecule has 76 valence electrons. The standard InChI is InChI=1S/C5H8O2.C4H2O3.Na/c1-3-4(2)5(6)7;5-3-1-2-4(6)7-3;/h3H,1-2H3,(H,6,7);1-2H;/q;;+1/p-1. The molecule has 1 rings (SSSR count). The number of carboxylic acid groups (broad SMARTS) is 1. The van der Waals surface area contributed by atoms with Crippen molar-refractivity contribution in [1.82, 2.24) is 0 Å². The summed E-state index contributed by atoms with van der Waals surface area (Å²) in [5.41, 5.74) is 0.278. The molecule has 0 aromatic carbocycles. The molecule has 1 aliphatic rings. The molecule has 1 aliphatic heterocycles. The minimum absolute atomic E-state index is 0. The van der Waals surface area contributed by atoms with Crippen molar-refractivity contribution in [3.8, 4) is 0 Å². The van der Waals surface area contributed by atoms with Crippen LogP contribution in [0.3, 0.4) is 0 Å². The number of allylic oxidation sites excluding steroid dienone is 1. The van der Waals surface area contributed by atoms with Gasteiger partial charge in [-0.15, -0.1) is 0 Å². The van der Waals surface area contributed by atoms with Crippen LogP contribution in [-0.4, -0.2) is 17.9 Å². The molecule has 0 radical (unpaired) electrons. The van der Waals surface area contributed by atoms with E-state index < -0.39 is 17.9 Å². The second-order valence-corrected chi connectivity index (χ2v) is 2.33. The summed E-state index contributed by atoms with van der Waals surface area (Å²) in [6.07, 6.45) is 3.67. The van der Waals surface area contributed by atoms with E-state index in [9.17, 15) is 19.5 Å². The first-order valence-corrected chi connectivity index (χ1v) is 3.75. The molecule has 0 bridgehead atoms. The number of hydrogen-bond acceptors (Lipinski definition) is 5. The Balaban J connectivity index is 0. The van der Waals surface area contributed by atoms with Crippen LogP contribution in [0.25, 0.3) is 0 Å². The Labute approximate surface area is 109 Å². The topological polar surface area (TPSA) is 83.5 Å². The maximum Gasteiger partial charge on any atom is 1.00 e. The molecule has 0 aromatic rings. The summed E-state index contributed by atoms with van der Waals surface area (Å²) in [5.74, 6) is -2.25. The van der Waals surface area contributed by atoms with Gasteiger partial charge < -0.3 is 14.6 Å². The van der Waals surface area contributed by atoms with Crippen molar-refractivity contribution >= 4 is 17.9 Å². The van der Waals surface area contributed by atoms with E-state index in [0.29, 0.717) is 0 Å². The predicted molar refractivity (Wildman–Crippen MR) is 44.7 cm³/mol. The monoisotopic (exact) mass is 220 g/mol. The number of hydrogen-bond donors (Lipinski definition) is 0. The quantitative estimate of drug-likeness (QED) is 0.197. The fourth-order valence-electron chi connectivity index (χ4n) is 0.421. The van der Waals surface area contributed by atoms with Gasteiger partial charge in [-0.1, -0.05) is 6.08 Å². The van der Waals surface area contributed by atoms with Gasteiger partial charge in [0.15, 0.2) is 0 Å². The fourth-order valence-corrected chi connectivity index (χ4v) is 0.421. The summed E-state index contributed by atoms with van der Waals surface area (Å²) in [7, 11) is 0. The van der Waals surface area contributed by atoms with E-state index in [1.165, 1.54) is 13.0 Å². The van der Waals surface area contributed by atoms with Gasteiger partial charge in [0.2, 0.25) is 0 Å². The minimum atomic E-state index is -1.09. The first kappa shape index (κ1) is 16.5. The molecule has 5 nitrogen and oxygen atoms in total. The average molecular weight is 220 g/mol. The molecule has 0 aromatic heterocycles. The van der Waals surface area contributed by atoms with Crippen molar-refractivity contribution in [3.05, 3.63) is 23.8 Å². The third-order valence-electron chi connectivity index (χ3n) is 1.31. The van der Waals surface area contributed by atoms with E-state index in [0.717, 1.165) is 12.2 Å². The van der Waals surface area contributed by atoms with Crippen LogP contribution in [0.1, 0.15) is 13.8 Å².